The van der Waals surface area contributed by atoms with Crippen molar-refractivity contribution in [2.24, 2.45) is 4.99 Å². The predicted molar refractivity (Wildman–Crippen MR) is 88.5 cm³/mol. The van der Waals surface area contributed by atoms with Crippen molar-refractivity contribution in [3.63, 3.8) is 0 Å². The van der Waals surface area contributed by atoms with Crippen LogP contribution in [-0.4, -0.2) is 22.0 Å². The number of rotatable bonds is 3. The Bertz CT molecular complexity index is 905. The third-order valence-corrected chi connectivity index (χ3v) is 4.82. The van der Waals surface area contributed by atoms with Crippen LogP contribution in [0.2, 0.25) is 0 Å². The second kappa shape index (κ2) is 5.03. The van der Waals surface area contributed by atoms with Crippen molar-refractivity contribution in [1.29, 1.82) is 0 Å². The molecule has 1 aliphatic heterocycles. The topological polar surface area (TPSA) is 60.5 Å². The van der Waals surface area contributed by atoms with Gasteiger partial charge in [0, 0.05) is 29.7 Å². The number of fused-ring (bicyclic) bond motifs is 1. The van der Waals surface area contributed by atoms with Crippen LogP contribution in [0.4, 0.5) is 0 Å². The molecule has 4 heterocycles. The van der Waals surface area contributed by atoms with Crippen molar-refractivity contribution in [2.45, 2.75) is 24.5 Å². The number of hydrogen-bond acceptors (Lipinski definition) is 5. The van der Waals surface area contributed by atoms with Gasteiger partial charge in [0.05, 0.1) is 23.8 Å². The summed E-state index contributed by atoms with van der Waals surface area (Å²) in [5.41, 5.74) is 3.51. The number of hydrogen-bond donors (Lipinski definition) is 0. The maximum Gasteiger partial charge on any atom is 0.219 e. The number of ether oxygens (including phenoxy) is 1. The smallest absolute Gasteiger partial charge is 0.219 e. The molecule has 0 radical (unpaired) electrons. The van der Waals surface area contributed by atoms with Gasteiger partial charge in [-0.25, -0.2) is 4.99 Å². The highest BCUT2D eigenvalue weighted by Crippen LogP contribution is 2.50. The molecule has 5 heteroatoms. The summed E-state index contributed by atoms with van der Waals surface area (Å²) in [4.78, 5) is 13.8. The first-order chi connectivity index (χ1) is 11.9. The molecule has 0 N–H and O–H groups in total. The number of pyridine rings is 2. The van der Waals surface area contributed by atoms with Crippen molar-refractivity contribution >= 4 is 5.90 Å². The average molecular weight is 317 g/mol. The van der Waals surface area contributed by atoms with Gasteiger partial charge in [-0.05, 0) is 37.1 Å². The Morgan fingerprint density at radius 3 is 2.79 bits per heavy atom. The van der Waals surface area contributed by atoms with Gasteiger partial charge in [-0.1, -0.05) is 6.07 Å². The van der Waals surface area contributed by atoms with Gasteiger partial charge in [-0.2, -0.15) is 0 Å². The van der Waals surface area contributed by atoms with Gasteiger partial charge in [0.2, 0.25) is 5.90 Å². The zero-order valence-corrected chi connectivity index (χ0v) is 12.9. The van der Waals surface area contributed by atoms with E-state index in [9.17, 15) is 0 Å². The summed E-state index contributed by atoms with van der Waals surface area (Å²) in [5.74, 6) is 0.654. The van der Waals surface area contributed by atoms with Crippen molar-refractivity contribution in [1.82, 2.24) is 9.97 Å². The molecule has 2 atom stereocenters. The third-order valence-electron chi connectivity index (χ3n) is 4.82. The Balaban J connectivity index is 1.54. The molecule has 3 aromatic rings. The van der Waals surface area contributed by atoms with Crippen LogP contribution >= 0.6 is 0 Å². The number of furan rings is 1. The lowest BCUT2D eigenvalue weighted by molar-refractivity contribution is 0.0406. The number of aromatic nitrogens is 2. The summed E-state index contributed by atoms with van der Waals surface area (Å²) in [7, 11) is 0. The molecule has 1 saturated carbocycles. The predicted octanol–water partition coefficient (Wildman–Crippen LogP) is 3.57. The van der Waals surface area contributed by atoms with Crippen LogP contribution in [0, 0.1) is 0 Å². The van der Waals surface area contributed by atoms with Gasteiger partial charge in [0.15, 0.2) is 0 Å². The molecule has 0 aromatic carbocycles. The number of aliphatic imine (C=N–C) groups is 1. The molecule has 1 aliphatic carbocycles. The molecule has 3 aromatic heterocycles. The van der Waals surface area contributed by atoms with Crippen molar-refractivity contribution in [3.8, 4) is 11.1 Å². The lowest BCUT2D eigenvalue weighted by atomic mass is 9.72. The SMILES string of the molecule is c1ccc(C23CCC2OC(c2cncc(-c4ccoc4)c2)=N3)nc1. The molecular formula is C19H15N3O2. The summed E-state index contributed by atoms with van der Waals surface area (Å²) in [6.45, 7) is 0. The van der Waals surface area contributed by atoms with Crippen LogP contribution in [0.3, 0.4) is 0 Å². The minimum atomic E-state index is -0.331. The van der Waals surface area contributed by atoms with Gasteiger partial charge in [-0.3, -0.25) is 9.97 Å². The minimum Gasteiger partial charge on any atom is -0.472 e. The Morgan fingerprint density at radius 1 is 1.08 bits per heavy atom. The summed E-state index contributed by atoms with van der Waals surface area (Å²) in [5, 5.41) is 0. The van der Waals surface area contributed by atoms with E-state index >= 15 is 0 Å². The summed E-state index contributed by atoms with van der Waals surface area (Å²) >= 11 is 0. The van der Waals surface area contributed by atoms with Crippen LogP contribution in [0.1, 0.15) is 24.1 Å². The average Bonchev–Trinajstić information content (AvgIpc) is 3.24. The fourth-order valence-electron chi connectivity index (χ4n) is 3.41. The van der Waals surface area contributed by atoms with Crippen LogP contribution in [0.15, 0.2) is 70.9 Å². The highest BCUT2D eigenvalue weighted by Gasteiger charge is 2.55. The van der Waals surface area contributed by atoms with E-state index < -0.39 is 0 Å². The van der Waals surface area contributed by atoms with Crippen LogP contribution in [-0.2, 0) is 10.3 Å². The largest absolute Gasteiger partial charge is 0.472 e. The Labute approximate surface area is 139 Å². The van der Waals surface area contributed by atoms with Crippen molar-refractivity contribution in [2.75, 3.05) is 0 Å². The van der Waals surface area contributed by atoms with E-state index in [1.54, 1.807) is 18.7 Å². The van der Waals surface area contributed by atoms with E-state index in [1.807, 2.05) is 42.7 Å². The van der Waals surface area contributed by atoms with Gasteiger partial charge in [-0.15, -0.1) is 0 Å². The zero-order valence-electron chi connectivity index (χ0n) is 12.9. The molecule has 2 unspecified atom stereocenters. The number of nitrogens with zero attached hydrogens (tertiary/aromatic N) is 3. The second-order valence-electron chi connectivity index (χ2n) is 6.18. The summed E-state index contributed by atoms with van der Waals surface area (Å²) < 4.78 is 11.3. The Kier molecular flexibility index (Phi) is 2.82. The lowest BCUT2D eigenvalue weighted by Crippen LogP contribution is -2.45. The fourth-order valence-corrected chi connectivity index (χ4v) is 3.41. The van der Waals surface area contributed by atoms with Crippen molar-refractivity contribution in [3.05, 3.63) is 72.7 Å². The maximum atomic E-state index is 6.12. The monoisotopic (exact) mass is 317 g/mol. The van der Waals surface area contributed by atoms with E-state index in [-0.39, 0.29) is 11.6 Å². The van der Waals surface area contributed by atoms with Crippen molar-refractivity contribution < 1.29 is 9.15 Å². The molecule has 5 nitrogen and oxygen atoms in total. The molecule has 0 spiro atoms. The Hall–Kier alpha value is -2.95. The van der Waals surface area contributed by atoms with Gasteiger partial charge in [0.1, 0.15) is 11.6 Å². The molecule has 24 heavy (non-hydrogen) atoms. The standard InChI is InChI=1S/C19H15N3O2/c1-2-7-21-16(3-1)19-6-4-17(19)24-18(22-19)15-9-14(10-20-11-15)13-5-8-23-12-13/h1-3,5,7-12,17H,4,6H2. The van der Waals surface area contributed by atoms with Crippen LogP contribution in [0.5, 0.6) is 0 Å². The molecule has 118 valence electrons. The van der Waals surface area contributed by atoms with Gasteiger partial charge < -0.3 is 9.15 Å². The first kappa shape index (κ1) is 13.5. The van der Waals surface area contributed by atoms with E-state index in [0.29, 0.717) is 5.90 Å². The van der Waals surface area contributed by atoms with Gasteiger partial charge >= 0.3 is 0 Å². The fraction of sp³-hybridized carbons (Fsp3) is 0.211. The lowest BCUT2D eigenvalue weighted by Gasteiger charge is -2.39. The molecule has 0 saturated heterocycles. The zero-order chi connectivity index (χ0) is 16.0. The maximum absolute atomic E-state index is 6.12. The molecule has 2 aliphatic rings. The van der Waals surface area contributed by atoms with E-state index in [4.69, 9.17) is 14.1 Å². The summed E-state index contributed by atoms with van der Waals surface area (Å²) in [6, 6.07) is 9.90. The van der Waals surface area contributed by atoms with E-state index in [0.717, 1.165) is 35.2 Å². The highest BCUT2D eigenvalue weighted by molar-refractivity contribution is 5.96. The van der Waals surface area contributed by atoms with E-state index in [2.05, 4.69) is 9.97 Å². The summed E-state index contributed by atoms with van der Waals surface area (Å²) in [6.07, 6.45) is 10.8. The molecule has 0 bridgehead atoms. The highest BCUT2D eigenvalue weighted by atomic mass is 16.5. The quantitative estimate of drug-likeness (QED) is 0.741. The third kappa shape index (κ3) is 1.91. The first-order valence-electron chi connectivity index (χ1n) is 8.01. The molecule has 0 amide bonds. The second-order valence-corrected chi connectivity index (χ2v) is 6.18. The molecule has 1 fully saturated rings. The van der Waals surface area contributed by atoms with E-state index in [1.165, 1.54) is 0 Å². The first-order valence-corrected chi connectivity index (χ1v) is 8.01. The van der Waals surface area contributed by atoms with Crippen LogP contribution in [0.25, 0.3) is 11.1 Å². The van der Waals surface area contributed by atoms with Gasteiger partial charge in [0.25, 0.3) is 0 Å². The Morgan fingerprint density at radius 2 is 2.04 bits per heavy atom. The molecular weight excluding hydrogens is 302 g/mol. The molecule has 5 rings (SSSR count). The minimum absolute atomic E-state index is 0.0694. The van der Waals surface area contributed by atoms with Crippen LogP contribution < -0.4 is 0 Å². The normalized spacial score (nSPS) is 24.7.